The maximum atomic E-state index is 12.6. The number of likely N-dealkylation sites (N-methyl/N-ethyl adjacent to an activating group) is 1. The summed E-state index contributed by atoms with van der Waals surface area (Å²) in [5.41, 5.74) is 0.344. The van der Waals surface area contributed by atoms with Crippen LogP contribution < -0.4 is 0 Å². The van der Waals surface area contributed by atoms with Gasteiger partial charge in [0.25, 0.3) is 0 Å². The number of hydrogen-bond acceptors (Lipinski definition) is 3. The summed E-state index contributed by atoms with van der Waals surface area (Å²) in [6.45, 7) is 2.21. The van der Waals surface area contributed by atoms with Gasteiger partial charge in [0.1, 0.15) is 10.1 Å². The third-order valence-corrected chi connectivity index (χ3v) is 4.69. The summed E-state index contributed by atoms with van der Waals surface area (Å²) in [4.78, 5) is 32.1. The van der Waals surface area contributed by atoms with Gasteiger partial charge in [0.15, 0.2) is 0 Å². The molecule has 0 N–H and O–H groups in total. The zero-order valence-electron chi connectivity index (χ0n) is 13.3. The number of aryl methyl sites for hydroxylation is 1. The molecule has 1 aromatic heterocycles. The summed E-state index contributed by atoms with van der Waals surface area (Å²) < 4.78 is 0.818. The molecule has 1 saturated heterocycles. The van der Waals surface area contributed by atoms with Crippen molar-refractivity contribution in [3.63, 3.8) is 0 Å². The van der Waals surface area contributed by atoms with E-state index >= 15 is 0 Å². The topological polar surface area (TPSA) is 53.5 Å². The lowest BCUT2D eigenvalue weighted by molar-refractivity contribution is -0.164. The largest absolute Gasteiger partial charge is 0.347 e. The van der Waals surface area contributed by atoms with Crippen molar-refractivity contribution in [1.82, 2.24) is 14.8 Å². The number of rotatable bonds is 5. The molecule has 6 heteroatoms. The minimum absolute atomic E-state index is 0.0242. The highest BCUT2D eigenvalue weighted by molar-refractivity contribution is 9.10. The fourth-order valence-corrected chi connectivity index (χ4v) is 3.49. The Balaban J connectivity index is 2.05. The van der Waals surface area contributed by atoms with Crippen LogP contribution in [0.25, 0.3) is 0 Å². The molecule has 1 aliphatic heterocycles. The van der Waals surface area contributed by atoms with Crippen LogP contribution in [0.15, 0.2) is 22.8 Å². The maximum Gasteiger partial charge on any atom is 0.248 e. The summed E-state index contributed by atoms with van der Waals surface area (Å²) in [7, 11) is 3.49. The highest BCUT2D eigenvalue weighted by Gasteiger charge is 2.52. The van der Waals surface area contributed by atoms with Crippen LogP contribution >= 0.6 is 15.9 Å². The molecule has 22 heavy (non-hydrogen) atoms. The van der Waals surface area contributed by atoms with Gasteiger partial charge in [0.2, 0.25) is 11.8 Å². The summed E-state index contributed by atoms with van der Waals surface area (Å²) >= 11 is 3.36. The Labute approximate surface area is 139 Å². The average molecular weight is 368 g/mol. The summed E-state index contributed by atoms with van der Waals surface area (Å²) in [5.74, 6) is -0.00168. The van der Waals surface area contributed by atoms with Crippen LogP contribution in [-0.4, -0.2) is 52.8 Å². The molecule has 2 rings (SSSR count). The third kappa shape index (κ3) is 3.32. The number of halogens is 1. The van der Waals surface area contributed by atoms with Gasteiger partial charge in [-0.05, 0) is 53.7 Å². The first kappa shape index (κ1) is 16.9. The molecule has 1 aromatic rings. The second-order valence-electron chi connectivity index (χ2n) is 5.96. The Morgan fingerprint density at radius 3 is 2.64 bits per heavy atom. The first-order chi connectivity index (χ1) is 10.4. The standard InChI is InChI=1S/C16H22BrN3O2/c1-12(21)20-11-10-16(20,15(22)19(2)3)9-5-7-13-6-4-8-14(17)18-13/h4,6,8H,5,7,9-11H2,1-3H3/t16-/m1/s1. The van der Waals surface area contributed by atoms with Gasteiger partial charge in [-0.15, -0.1) is 0 Å². The predicted octanol–water partition coefficient (Wildman–Crippen LogP) is 2.25. The Morgan fingerprint density at radius 1 is 1.41 bits per heavy atom. The zero-order valence-corrected chi connectivity index (χ0v) is 14.9. The van der Waals surface area contributed by atoms with Crippen LogP contribution in [0.5, 0.6) is 0 Å². The van der Waals surface area contributed by atoms with E-state index in [1.807, 2.05) is 18.2 Å². The van der Waals surface area contributed by atoms with Gasteiger partial charge >= 0.3 is 0 Å². The fraction of sp³-hybridized carbons (Fsp3) is 0.562. The van der Waals surface area contributed by atoms with Crippen molar-refractivity contribution < 1.29 is 9.59 Å². The zero-order chi connectivity index (χ0) is 16.3. The molecule has 1 atom stereocenters. The van der Waals surface area contributed by atoms with E-state index in [1.54, 1.807) is 23.9 Å². The van der Waals surface area contributed by atoms with E-state index in [0.717, 1.165) is 29.6 Å². The van der Waals surface area contributed by atoms with Crippen molar-refractivity contribution in [1.29, 1.82) is 0 Å². The highest BCUT2D eigenvalue weighted by atomic mass is 79.9. The molecule has 0 saturated carbocycles. The van der Waals surface area contributed by atoms with Gasteiger partial charge < -0.3 is 9.80 Å². The monoisotopic (exact) mass is 367 g/mol. The lowest BCUT2D eigenvalue weighted by Crippen LogP contribution is -2.68. The maximum absolute atomic E-state index is 12.6. The molecule has 0 radical (unpaired) electrons. The number of pyridine rings is 1. The van der Waals surface area contributed by atoms with Crippen LogP contribution in [0.2, 0.25) is 0 Å². The molecule has 120 valence electrons. The average Bonchev–Trinajstić information content (AvgIpc) is 2.41. The number of hydrogen-bond donors (Lipinski definition) is 0. The number of carbonyl (C=O) groups is 2. The van der Waals surface area contributed by atoms with E-state index in [2.05, 4.69) is 20.9 Å². The first-order valence-corrected chi connectivity index (χ1v) is 8.27. The molecule has 0 aromatic carbocycles. The smallest absolute Gasteiger partial charge is 0.248 e. The second-order valence-corrected chi connectivity index (χ2v) is 6.77. The molecule has 2 amide bonds. The van der Waals surface area contributed by atoms with Crippen LogP contribution in [-0.2, 0) is 16.0 Å². The van der Waals surface area contributed by atoms with Crippen LogP contribution in [0.3, 0.4) is 0 Å². The molecular formula is C16H22BrN3O2. The van der Waals surface area contributed by atoms with Crippen molar-refractivity contribution in [2.45, 2.75) is 38.1 Å². The van der Waals surface area contributed by atoms with E-state index in [-0.39, 0.29) is 11.8 Å². The van der Waals surface area contributed by atoms with Crippen LogP contribution in [0.1, 0.15) is 31.9 Å². The summed E-state index contributed by atoms with van der Waals surface area (Å²) in [6, 6.07) is 5.83. The van der Waals surface area contributed by atoms with Gasteiger partial charge in [-0.3, -0.25) is 9.59 Å². The number of aromatic nitrogens is 1. The van der Waals surface area contributed by atoms with Crippen LogP contribution in [0.4, 0.5) is 0 Å². The van der Waals surface area contributed by atoms with E-state index in [1.165, 1.54) is 6.92 Å². The number of carbonyl (C=O) groups excluding carboxylic acids is 2. The van der Waals surface area contributed by atoms with Gasteiger partial charge in [-0.25, -0.2) is 4.98 Å². The van der Waals surface area contributed by atoms with E-state index in [0.29, 0.717) is 13.0 Å². The van der Waals surface area contributed by atoms with Crippen molar-refractivity contribution in [2.75, 3.05) is 20.6 Å². The summed E-state index contributed by atoms with van der Waals surface area (Å²) in [6.07, 6.45) is 3.05. The molecule has 1 aliphatic rings. The second kappa shape index (κ2) is 6.77. The molecule has 5 nitrogen and oxygen atoms in total. The third-order valence-electron chi connectivity index (χ3n) is 4.25. The molecule has 0 spiro atoms. The Morgan fingerprint density at radius 2 is 2.14 bits per heavy atom. The Kier molecular flexibility index (Phi) is 5.21. The summed E-state index contributed by atoms with van der Waals surface area (Å²) in [5, 5.41) is 0. The molecule has 0 bridgehead atoms. The lowest BCUT2D eigenvalue weighted by Gasteiger charge is -2.52. The van der Waals surface area contributed by atoms with Gasteiger partial charge in [0, 0.05) is 33.3 Å². The highest BCUT2D eigenvalue weighted by Crippen LogP contribution is 2.37. The van der Waals surface area contributed by atoms with Crippen molar-refractivity contribution in [2.24, 2.45) is 0 Å². The van der Waals surface area contributed by atoms with Gasteiger partial charge in [0.05, 0.1) is 0 Å². The first-order valence-electron chi connectivity index (χ1n) is 7.48. The van der Waals surface area contributed by atoms with Crippen molar-refractivity contribution in [3.8, 4) is 0 Å². The fourth-order valence-electron chi connectivity index (χ4n) is 3.11. The minimum atomic E-state index is -0.651. The van der Waals surface area contributed by atoms with Gasteiger partial charge in [-0.2, -0.15) is 0 Å². The SMILES string of the molecule is CC(=O)N1CC[C@]1(CCCc1cccc(Br)n1)C(=O)N(C)C. The molecular weight excluding hydrogens is 346 g/mol. The molecule has 0 unspecified atom stereocenters. The van der Waals surface area contributed by atoms with Crippen molar-refractivity contribution >= 4 is 27.7 Å². The molecule has 0 aliphatic carbocycles. The lowest BCUT2D eigenvalue weighted by atomic mass is 9.78. The molecule has 2 heterocycles. The molecule has 1 fully saturated rings. The van der Waals surface area contributed by atoms with E-state index in [9.17, 15) is 9.59 Å². The van der Waals surface area contributed by atoms with Gasteiger partial charge in [-0.1, -0.05) is 6.07 Å². The van der Waals surface area contributed by atoms with Crippen molar-refractivity contribution in [3.05, 3.63) is 28.5 Å². The van der Waals surface area contributed by atoms with E-state index in [4.69, 9.17) is 0 Å². The number of nitrogens with zero attached hydrogens (tertiary/aromatic N) is 3. The van der Waals surface area contributed by atoms with E-state index < -0.39 is 5.54 Å². The minimum Gasteiger partial charge on any atom is -0.347 e. The Hall–Kier alpha value is -1.43. The van der Waals surface area contributed by atoms with Crippen LogP contribution in [0, 0.1) is 0 Å². The predicted molar refractivity (Wildman–Crippen MR) is 88.3 cm³/mol. The Bertz CT molecular complexity index is 576. The number of amides is 2. The quantitative estimate of drug-likeness (QED) is 0.750. The normalized spacial score (nSPS) is 20.5. The number of likely N-dealkylation sites (tertiary alicyclic amines) is 1.